The highest BCUT2D eigenvalue weighted by Gasteiger charge is 2.31. The van der Waals surface area contributed by atoms with Crippen LogP contribution < -0.4 is 0 Å². The summed E-state index contributed by atoms with van der Waals surface area (Å²) in [5, 5.41) is 0. The Labute approximate surface area is 131 Å². The van der Waals surface area contributed by atoms with Gasteiger partial charge in [0, 0.05) is 19.0 Å². The summed E-state index contributed by atoms with van der Waals surface area (Å²) < 4.78 is 11.0. The Morgan fingerprint density at radius 3 is 2.64 bits per heavy atom. The van der Waals surface area contributed by atoms with Gasteiger partial charge in [0.1, 0.15) is 11.4 Å². The van der Waals surface area contributed by atoms with Gasteiger partial charge in [-0.2, -0.15) is 0 Å². The molecule has 0 aromatic carbocycles. The predicted molar refractivity (Wildman–Crippen MR) is 81.6 cm³/mol. The maximum Gasteiger partial charge on any atom is 0.410 e. The van der Waals surface area contributed by atoms with Crippen LogP contribution in [0.15, 0.2) is 0 Å². The molecule has 1 fully saturated rings. The van der Waals surface area contributed by atoms with E-state index in [-0.39, 0.29) is 12.2 Å². The van der Waals surface area contributed by atoms with Gasteiger partial charge in [-0.05, 0) is 40.5 Å². The number of likely N-dealkylation sites (tertiary alicyclic amines) is 1. The Kier molecular flexibility index (Phi) is 3.89. The van der Waals surface area contributed by atoms with Gasteiger partial charge in [0.15, 0.2) is 0 Å². The summed E-state index contributed by atoms with van der Waals surface area (Å²) in [5.41, 5.74) is 1.72. The zero-order chi connectivity index (χ0) is 15.9. The lowest BCUT2D eigenvalue weighted by molar-refractivity contribution is 0.0203. The van der Waals surface area contributed by atoms with Crippen LogP contribution in [0.3, 0.4) is 0 Å². The first kappa shape index (κ1) is 15.3. The van der Waals surface area contributed by atoms with Gasteiger partial charge in [0.05, 0.1) is 24.1 Å². The smallest absolute Gasteiger partial charge is 0.410 e. The highest BCUT2D eigenvalue weighted by atomic mass is 16.6. The molecule has 1 atom stereocenters. The number of carbonyl (C=O) groups excluding carboxylic acids is 1. The lowest BCUT2D eigenvalue weighted by atomic mass is 9.96. The highest BCUT2D eigenvalue weighted by Crippen LogP contribution is 2.33. The second kappa shape index (κ2) is 5.57. The van der Waals surface area contributed by atoms with Gasteiger partial charge in [-0.25, -0.2) is 9.78 Å². The second-order valence-electron chi connectivity index (χ2n) is 7.18. The van der Waals surface area contributed by atoms with Gasteiger partial charge in [-0.1, -0.05) is 0 Å². The van der Waals surface area contributed by atoms with Gasteiger partial charge >= 0.3 is 6.09 Å². The highest BCUT2D eigenvalue weighted by molar-refractivity contribution is 5.68. The standard InChI is InChI=1S/C16H25N3O3/c1-10-13-12(9-21-10)17-14(18-13)11-5-7-19(8-6-11)15(20)22-16(2,3)4/h10-11H,5-9H2,1-4H3,(H,17,18). The maximum absolute atomic E-state index is 12.1. The zero-order valence-electron chi connectivity index (χ0n) is 13.8. The molecule has 0 saturated carbocycles. The van der Waals surface area contributed by atoms with E-state index < -0.39 is 5.60 Å². The van der Waals surface area contributed by atoms with E-state index in [4.69, 9.17) is 14.5 Å². The van der Waals surface area contributed by atoms with Crippen LogP contribution in [-0.4, -0.2) is 39.7 Å². The summed E-state index contributed by atoms with van der Waals surface area (Å²) in [6.07, 6.45) is 1.71. The minimum absolute atomic E-state index is 0.0850. The average Bonchev–Trinajstić information content (AvgIpc) is 3.00. The molecular formula is C16H25N3O3. The number of aromatic nitrogens is 2. The van der Waals surface area contributed by atoms with E-state index in [0.717, 1.165) is 43.1 Å². The molecule has 6 heteroatoms. The molecule has 1 aromatic heterocycles. The van der Waals surface area contributed by atoms with Crippen molar-refractivity contribution in [3.63, 3.8) is 0 Å². The summed E-state index contributed by atoms with van der Waals surface area (Å²) in [7, 11) is 0. The van der Waals surface area contributed by atoms with Crippen molar-refractivity contribution in [2.24, 2.45) is 0 Å². The molecule has 3 heterocycles. The summed E-state index contributed by atoms with van der Waals surface area (Å²) in [5.74, 6) is 1.43. The minimum atomic E-state index is -0.439. The molecule has 22 heavy (non-hydrogen) atoms. The van der Waals surface area contributed by atoms with E-state index in [1.165, 1.54) is 0 Å². The number of fused-ring (bicyclic) bond motifs is 1. The third-order valence-corrected chi connectivity index (χ3v) is 4.23. The number of aromatic amines is 1. The van der Waals surface area contributed by atoms with Crippen LogP contribution in [0.4, 0.5) is 4.79 Å². The average molecular weight is 307 g/mol. The fourth-order valence-electron chi connectivity index (χ4n) is 3.03. The third-order valence-electron chi connectivity index (χ3n) is 4.23. The molecule has 1 N–H and O–H groups in total. The fourth-order valence-corrected chi connectivity index (χ4v) is 3.03. The summed E-state index contributed by atoms with van der Waals surface area (Å²) >= 11 is 0. The monoisotopic (exact) mass is 307 g/mol. The van der Waals surface area contributed by atoms with Gasteiger partial charge in [-0.3, -0.25) is 0 Å². The molecule has 1 aromatic rings. The van der Waals surface area contributed by atoms with Crippen molar-refractivity contribution >= 4 is 6.09 Å². The largest absolute Gasteiger partial charge is 0.444 e. The Hall–Kier alpha value is -1.56. The van der Waals surface area contributed by atoms with Gasteiger partial charge in [-0.15, -0.1) is 0 Å². The minimum Gasteiger partial charge on any atom is -0.444 e. The van der Waals surface area contributed by atoms with Gasteiger partial charge in [0.25, 0.3) is 0 Å². The molecule has 3 rings (SSSR count). The number of hydrogen-bond donors (Lipinski definition) is 1. The quantitative estimate of drug-likeness (QED) is 0.865. The van der Waals surface area contributed by atoms with Crippen molar-refractivity contribution in [3.8, 4) is 0 Å². The first-order valence-electron chi connectivity index (χ1n) is 8.01. The molecule has 1 unspecified atom stereocenters. The van der Waals surface area contributed by atoms with Gasteiger partial charge < -0.3 is 19.4 Å². The Morgan fingerprint density at radius 2 is 2.05 bits per heavy atom. The second-order valence-corrected chi connectivity index (χ2v) is 7.18. The number of piperidine rings is 1. The van der Waals surface area contributed by atoms with Crippen LogP contribution in [0.5, 0.6) is 0 Å². The summed E-state index contributed by atoms with van der Waals surface area (Å²) in [4.78, 5) is 22.0. The SMILES string of the molecule is CC1OCc2[nH]c(C3CCN(C(=O)OC(C)(C)C)CC3)nc21. The molecule has 0 radical (unpaired) electrons. The molecule has 6 nitrogen and oxygen atoms in total. The van der Waals surface area contributed by atoms with Crippen molar-refractivity contribution in [3.05, 3.63) is 17.2 Å². The van der Waals surface area contributed by atoms with Crippen LogP contribution in [0.25, 0.3) is 0 Å². The molecule has 1 amide bonds. The molecule has 0 spiro atoms. The number of amides is 1. The summed E-state index contributed by atoms with van der Waals surface area (Å²) in [6.45, 7) is 9.78. The summed E-state index contributed by atoms with van der Waals surface area (Å²) in [6, 6.07) is 0. The van der Waals surface area contributed by atoms with Crippen LogP contribution in [-0.2, 0) is 16.1 Å². The normalized spacial score (nSPS) is 22.7. The number of H-pyrrole nitrogens is 1. The van der Waals surface area contributed by atoms with Crippen molar-refractivity contribution in [2.45, 2.75) is 64.8 Å². The number of hydrogen-bond acceptors (Lipinski definition) is 4. The van der Waals surface area contributed by atoms with Crippen molar-refractivity contribution in [1.82, 2.24) is 14.9 Å². The lowest BCUT2D eigenvalue weighted by Gasteiger charge is -2.32. The van der Waals surface area contributed by atoms with Crippen molar-refractivity contribution in [1.29, 1.82) is 0 Å². The number of carbonyl (C=O) groups is 1. The number of rotatable bonds is 1. The van der Waals surface area contributed by atoms with Crippen LogP contribution >= 0.6 is 0 Å². The number of imidazole rings is 1. The Bertz CT molecular complexity index is 553. The maximum atomic E-state index is 12.1. The molecule has 1 saturated heterocycles. The number of nitrogens with zero attached hydrogens (tertiary/aromatic N) is 2. The van der Waals surface area contributed by atoms with E-state index in [0.29, 0.717) is 12.5 Å². The van der Waals surface area contributed by atoms with Gasteiger partial charge in [0.2, 0.25) is 0 Å². The van der Waals surface area contributed by atoms with Crippen LogP contribution in [0, 0.1) is 0 Å². The number of ether oxygens (including phenoxy) is 2. The van der Waals surface area contributed by atoms with Crippen molar-refractivity contribution < 1.29 is 14.3 Å². The van der Waals surface area contributed by atoms with Crippen molar-refractivity contribution in [2.75, 3.05) is 13.1 Å². The molecular weight excluding hydrogens is 282 g/mol. The van der Waals surface area contributed by atoms with Crippen LogP contribution in [0.1, 0.15) is 69.8 Å². The molecule has 2 aliphatic heterocycles. The predicted octanol–water partition coefficient (Wildman–Crippen LogP) is 3.12. The first-order chi connectivity index (χ1) is 10.3. The first-order valence-corrected chi connectivity index (χ1v) is 8.01. The fraction of sp³-hybridized carbons (Fsp3) is 0.750. The van der Waals surface area contributed by atoms with Crippen LogP contribution in [0.2, 0.25) is 0 Å². The number of nitrogens with one attached hydrogen (secondary N) is 1. The lowest BCUT2D eigenvalue weighted by Crippen LogP contribution is -2.41. The topological polar surface area (TPSA) is 67.5 Å². The van der Waals surface area contributed by atoms with E-state index in [1.54, 1.807) is 4.90 Å². The van der Waals surface area contributed by atoms with E-state index in [1.807, 2.05) is 27.7 Å². The molecule has 2 aliphatic rings. The Morgan fingerprint density at radius 1 is 1.36 bits per heavy atom. The van der Waals surface area contributed by atoms with E-state index in [9.17, 15) is 4.79 Å². The molecule has 0 bridgehead atoms. The third kappa shape index (κ3) is 3.11. The zero-order valence-corrected chi connectivity index (χ0v) is 13.8. The van der Waals surface area contributed by atoms with E-state index >= 15 is 0 Å². The Balaban J connectivity index is 1.58. The van der Waals surface area contributed by atoms with E-state index in [2.05, 4.69) is 4.98 Å². The molecule has 122 valence electrons. The molecule has 0 aliphatic carbocycles.